The standard InChI is InChI=1S/C19H39N3O2S.HI/c1-5-18(6-2,9-12-23)15-21-17(20-7-3)22-16-19(25-8-4)10-13-24-14-11-19;/h23H,5-16H2,1-4H3,(H2,20,21,22);1H. The van der Waals surface area contributed by atoms with E-state index in [1.165, 1.54) is 0 Å². The molecule has 0 aromatic carbocycles. The summed E-state index contributed by atoms with van der Waals surface area (Å²) < 4.78 is 5.81. The van der Waals surface area contributed by atoms with Crippen molar-refractivity contribution in [3.8, 4) is 0 Å². The predicted molar refractivity (Wildman–Crippen MR) is 125 cm³/mol. The summed E-state index contributed by atoms with van der Waals surface area (Å²) in [4.78, 5) is 4.86. The minimum Gasteiger partial charge on any atom is -0.396 e. The van der Waals surface area contributed by atoms with Crippen molar-refractivity contribution in [1.29, 1.82) is 0 Å². The first-order chi connectivity index (χ1) is 12.1. The Morgan fingerprint density at radius 3 is 2.31 bits per heavy atom. The van der Waals surface area contributed by atoms with Crippen molar-refractivity contribution in [2.75, 3.05) is 45.2 Å². The van der Waals surface area contributed by atoms with Crippen molar-refractivity contribution in [3.05, 3.63) is 0 Å². The lowest BCUT2D eigenvalue weighted by Gasteiger charge is -2.37. The number of thioether (sulfide) groups is 1. The van der Waals surface area contributed by atoms with E-state index in [-0.39, 0.29) is 40.7 Å². The first-order valence-corrected chi connectivity index (χ1v) is 10.9. The summed E-state index contributed by atoms with van der Waals surface area (Å²) in [5.74, 6) is 2.02. The number of hydrogen-bond donors (Lipinski definition) is 3. The summed E-state index contributed by atoms with van der Waals surface area (Å²) in [6, 6.07) is 0. The van der Waals surface area contributed by atoms with Crippen molar-refractivity contribution < 1.29 is 9.84 Å². The molecule has 1 rings (SSSR count). The molecule has 0 aromatic heterocycles. The van der Waals surface area contributed by atoms with Gasteiger partial charge in [0.15, 0.2) is 5.96 Å². The average Bonchev–Trinajstić information content (AvgIpc) is 2.64. The summed E-state index contributed by atoms with van der Waals surface area (Å²) in [5, 5.41) is 16.4. The lowest BCUT2D eigenvalue weighted by molar-refractivity contribution is 0.0782. The highest BCUT2D eigenvalue weighted by Gasteiger charge is 2.33. The van der Waals surface area contributed by atoms with E-state index in [9.17, 15) is 5.11 Å². The van der Waals surface area contributed by atoms with E-state index >= 15 is 0 Å². The first-order valence-electron chi connectivity index (χ1n) is 9.94. The van der Waals surface area contributed by atoms with Gasteiger partial charge >= 0.3 is 0 Å². The van der Waals surface area contributed by atoms with E-state index in [2.05, 4.69) is 38.3 Å². The topological polar surface area (TPSA) is 65.9 Å². The van der Waals surface area contributed by atoms with Crippen LogP contribution in [0.5, 0.6) is 0 Å². The predicted octanol–water partition coefficient (Wildman–Crippen LogP) is 3.65. The van der Waals surface area contributed by atoms with Crippen molar-refractivity contribution in [1.82, 2.24) is 10.6 Å². The smallest absolute Gasteiger partial charge is 0.191 e. The molecule has 3 N–H and O–H groups in total. The van der Waals surface area contributed by atoms with Crippen LogP contribution >= 0.6 is 35.7 Å². The van der Waals surface area contributed by atoms with Gasteiger partial charge in [-0.15, -0.1) is 24.0 Å². The molecule has 0 amide bonds. The molecule has 1 aliphatic heterocycles. The highest BCUT2D eigenvalue weighted by atomic mass is 127. The van der Waals surface area contributed by atoms with E-state index in [0.717, 1.165) is 76.7 Å². The van der Waals surface area contributed by atoms with Crippen LogP contribution in [0.15, 0.2) is 4.99 Å². The SMILES string of the molecule is CCNC(=NCC(CC)(CC)CCO)NCC1(SCC)CCOCC1.I. The minimum absolute atomic E-state index is 0. The maximum atomic E-state index is 9.40. The number of halogens is 1. The van der Waals surface area contributed by atoms with Crippen LogP contribution in [0.3, 0.4) is 0 Å². The van der Waals surface area contributed by atoms with Gasteiger partial charge in [0.25, 0.3) is 0 Å². The van der Waals surface area contributed by atoms with Crippen molar-refractivity contribution >= 4 is 41.7 Å². The summed E-state index contributed by atoms with van der Waals surface area (Å²) in [6.07, 6.45) is 5.09. The second-order valence-electron chi connectivity index (χ2n) is 6.96. The first kappa shape index (κ1) is 26.3. The monoisotopic (exact) mass is 501 g/mol. The molecule has 7 heteroatoms. The maximum Gasteiger partial charge on any atom is 0.191 e. The van der Waals surface area contributed by atoms with Gasteiger partial charge in [-0.05, 0) is 50.2 Å². The molecule has 1 heterocycles. The van der Waals surface area contributed by atoms with Crippen LogP contribution in [-0.4, -0.2) is 61.0 Å². The highest BCUT2D eigenvalue weighted by molar-refractivity contribution is 14.0. The summed E-state index contributed by atoms with van der Waals surface area (Å²) in [7, 11) is 0. The van der Waals surface area contributed by atoms with Gasteiger partial charge in [0, 0.05) is 44.2 Å². The van der Waals surface area contributed by atoms with Gasteiger partial charge in [-0.3, -0.25) is 4.99 Å². The molecule has 0 radical (unpaired) electrons. The third-order valence-electron chi connectivity index (χ3n) is 5.49. The van der Waals surface area contributed by atoms with E-state index in [1.54, 1.807) is 0 Å². The van der Waals surface area contributed by atoms with Crippen LogP contribution in [0, 0.1) is 5.41 Å². The number of aliphatic hydroxyl groups excluding tert-OH is 1. The highest BCUT2D eigenvalue weighted by Crippen LogP contribution is 2.35. The molecule has 0 atom stereocenters. The Hall–Kier alpha value is 0.270. The Morgan fingerprint density at radius 2 is 1.81 bits per heavy atom. The Labute approximate surface area is 181 Å². The second-order valence-corrected chi connectivity index (χ2v) is 8.69. The van der Waals surface area contributed by atoms with Gasteiger partial charge < -0.3 is 20.5 Å². The summed E-state index contributed by atoms with van der Waals surface area (Å²) in [5.41, 5.74) is 0.103. The van der Waals surface area contributed by atoms with Crippen molar-refractivity contribution in [2.24, 2.45) is 10.4 Å². The van der Waals surface area contributed by atoms with Gasteiger partial charge in [-0.2, -0.15) is 11.8 Å². The third kappa shape index (κ3) is 8.52. The average molecular weight is 502 g/mol. The van der Waals surface area contributed by atoms with Gasteiger partial charge in [-0.1, -0.05) is 20.8 Å². The summed E-state index contributed by atoms with van der Waals surface area (Å²) in [6.45, 7) is 13.2. The summed E-state index contributed by atoms with van der Waals surface area (Å²) >= 11 is 2.04. The Bertz CT molecular complexity index is 381. The zero-order valence-electron chi connectivity index (χ0n) is 17.1. The lowest BCUT2D eigenvalue weighted by Crippen LogP contribution is -2.48. The Kier molecular flexibility index (Phi) is 14.4. The Morgan fingerprint density at radius 1 is 1.15 bits per heavy atom. The third-order valence-corrected chi connectivity index (χ3v) is 6.95. The fraction of sp³-hybridized carbons (Fsp3) is 0.947. The van der Waals surface area contributed by atoms with Crippen LogP contribution in [-0.2, 0) is 4.74 Å². The molecule has 1 saturated heterocycles. The zero-order chi connectivity index (χ0) is 18.6. The van der Waals surface area contributed by atoms with Crippen molar-refractivity contribution in [3.63, 3.8) is 0 Å². The van der Waals surface area contributed by atoms with E-state index < -0.39 is 0 Å². The fourth-order valence-corrected chi connectivity index (χ4v) is 4.64. The molecular weight excluding hydrogens is 461 g/mol. The fourth-order valence-electron chi connectivity index (χ4n) is 3.40. The van der Waals surface area contributed by atoms with Gasteiger partial charge in [0.1, 0.15) is 0 Å². The second kappa shape index (κ2) is 14.3. The van der Waals surface area contributed by atoms with Gasteiger partial charge in [0.2, 0.25) is 0 Å². The molecule has 5 nitrogen and oxygen atoms in total. The molecule has 0 saturated carbocycles. The Balaban J connectivity index is 0.00000625. The van der Waals surface area contributed by atoms with E-state index in [0.29, 0.717) is 0 Å². The lowest BCUT2D eigenvalue weighted by atomic mass is 9.79. The minimum atomic E-state index is 0. The van der Waals surface area contributed by atoms with Crippen LogP contribution in [0.1, 0.15) is 59.8 Å². The quantitative estimate of drug-likeness (QED) is 0.229. The molecule has 26 heavy (non-hydrogen) atoms. The number of aliphatic hydroxyl groups is 1. The molecule has 1 fully saturated rings. The molecule has 0 bridgehead atoms. The van der Waals surface area contributed by atoms with Crippen LogP contribution < -0.4 is 10.6 Å². The molecular formula is C19H40IN3O2S. The zero-order valence-corrected chi connectivity index (χ0v) is 20.3. The molecule has 0 aliphatic carbocycles. The largest absolute Gasteiger partial charge is 0.396 e. The van der Waals surface area contributed by atoms with E-state index in [4.69, 9.17) is 9.73 Å². The molecule has 0 spiro atoms. The number of nitrogens with one attached hydrogen (secondary N) is 2. The van der Waals surface area contributed by atoms with E-state index in [1.807, 2.05) is 11.8 Å². The molecule has 1 aliphatic rings. The number of ether oxygens (including phenoxy) is 1. The van der Waals surface area contributed by atoms with Crippen LogP contribution in [0.2, 0.25) is 0 Å². The van der Waals surface area contributed by atoms with Crippen LogP contribution in [0.25, 0.3) is 0 Å². The van der Waals surface area contributed by atoms with Crippen molar-refractivity contribution in [2.45, 2.75) is 64.5 Å². The number of aliphatic imine (C=N–C) groups is 1. The van der Waals surface area contributed by atoms with Gasteiger partial charge in [0.05, 0.1) is 0 Å². The maximum absolute atomic E-state index is 9.40. The number of guanidine groups is 1. The normalized spacial score (nSPS) is 17.5. The molecule has 156 valence electrons. The molecule has 0 aromatic rings. The van der Waals surface area contributed by atoms with Crippen LogP contribution in [0.4, 0.5) is 0 Å². The van der Waals surface area contributed by atoms with Gasteiger partial charge in [-0.25, -0.2) is 0 Å². The number of rotatable bonds is 11. The molecule has 0 unspecified atom stereocenters. The number of hydrogen-bond acceptors (Lipinski definition) is 4. The number of nitrogens with zero attached hydrogens (tertiary/aromatic N) is 1.